The fraction of sp³-hybridized carbons (Fsp3) is 0.625. The van der Waals surface area contributed by atoms with Crippen LogP contribution in [0.1, 0.15) is 37.3 Å². The number of hydrogen-bond donors (Lipinski definition) is 1. The molecule has 1 aromatic carbocycles. The molecule has 0 radical (unpaired) electrons. The van der Waals surface area contributed by atoms with Crippen molar-refractivity contribution in [1.29, 1.82) is 0 Å². The van der Waals surface area contributed by atoms with Crippen molar-refractivity contribution in [2.75, 3.05) is 20.2 Å². The Morgan fingerprint density at radius 2 is 2.05 bits per heavy atom. The molecule has 0 spiro atoms. The van der Waals surface area contributed by atoms with Crippen molar-refractivity contribution in [2.45, 2.75) is 39.3 Å². The summed E-state index contributed by atoms with van der Waals surface area (Å²) in [6.07, 6.45) is 3.98. The van der Waals surface area contributed by atoms with Gasteiger partial charge < -0.3 is 10.5 Å². The average molecular weight is 262 g/mol. The lowest BCUT2D eigenvalue weighted by Crippen LogP contribution is -2.33. The predicted octanol–water partition coefficient (Wildman–Crippen LogP) is 2.78. The van der Waals surface area contributed by atoms with Crippen molar-refractivity contribution < 1.29 is 4.74 Å². The minimum Gasteiger partial charge on any atom is -0.496 e. The molecule has 0 aromatic heterocycles. The topological polar surface area (TPSA) is 38.5 Å². The SMILES string of the molecule is CCC1CCN(Cc2cc(CN)ccc2OC)CC1. The first-order valence-electron chi connectivity index (χ1n) is 7.35. The molecule has 0 bridgehead atoms. The van der Waals surface area contributed by atoms with E-state index in [1.807, 2.05) is 12.1 Å². The fourth-order valence-corrected chi connectivity index (χ4v) is 2.88. The van der Waals surface area contributed by atoms with Crippen LogP contribution in [-0.2, 0) is 13.1 Å². The van der Waals surface area contributed by atoms with Gasteiger partial charge in [0.05, 0.1) is 7.11 Å². The van der Waals surface area contributed by atoms with Gasteiger partial charge in [-0.05, 0) is 49.5 Å². The number of ether oxygens (including phenoxy) is 1. The second-order valence-corrected chi connectivity index (χ2v) is 5.48. The van der Waals surface area contributed by atoms with Crippen LogP contribution in [0.5, 0.6) is 5.75 Å². The Balaban J connectivity index is 2.02. The van der Waals surface area contributed by atoms with Gasteiger partial charge in [-0.1, -0.05) is 19.4 Å². The number of piperidine rings is 1. The molecule has 0 atom stereocenters. The van der Waals surface area contributed by atoms with Crippen LogP contribution in [0.3, 0.4) is 0 Å². The Morgan fingerprint density at radius 1 is 1.32 bits per heavy atom. The van der Waals surface area contributed by atoms with E-state index in [0.717, 1.165) is 18.2 Å². The number of benzene rings is 1. The second kappa shape index (κ2) is 6.92. The average Bonchev–Trinajstić information content (AvgIpc) is 2.48. The zero-order valence-electron chi connectivity index (χ0n) is 12.2. The summed E-state index contributed by atoms with van der Waals surface area (Å²) in [7, 11) is 1.74. The van der Waals surface area contributed by atoms with E-state index in [9.17, 15) is 0 Å². The van der Waals surface area contributed by atoms with Gasteiger partial charge >= 0.3 is 0 Å². The van der Waals surface area contributed by atoms with Gasteiger partial charge in [-0.2, -0.15) is 0 Å². The molecule has 3 heteroatoms. The Bertz CT molecular complexity index is 398. The van der Waals surface area contributed by atoms with E-state index >= 15 is 0 Å². The molecule has 1 aliphatic heterocycles. The van der Waals surface area contributed by atoms with Gasteiger partial charge in [0.2, 0.25) is 0 Å². The Morgan fingerprint density at radius 3 is 2.63 bits per heavy atom. The summed E-state index contributed by atoms with van der Waals surface area (Å²) in [5, 5.41) is 0. The molecule has 1 fully saturated rings. The van der Waals surface area contributed by atoms with E-state index in [1.54, 1.807) is 7.11 Å². The summed E-state index contributed by atoms with van der Waals surface area (Å²) in [4.78, 5) is 2.53. The predicted molar refractivity (Wildman–Crippen MR) is 79.2 cm³/mol. The lowest BCUT2D eigenvalue weighted by molar-refractivity contribution is 0.173. The third-order valence-corrected chi connectivity index (χ3v) is 4.26. The summed E-state index contributed by atoms with van der Waals surface area (Å²) >= 11 is 0. The van der Waals surface area contributed by atoms with Crippen molar-refractivity contribution in [1.82, 2.24) is 4.90 Å². The number of nitrogens with two attached hydrogens (primary N) is 1. The molecule has 1 heterocycles. The van der Waals surface area contributed by atoms with Crippen LogP contribution in [-0.4, -0.2) is 25.1 Å². The highest BCUT2D eigenvalue weighted by Gasteiger charge is 2.18. The smallest absolute Gasteiger partial charge is 0.123 e. The highest BCUT2D eigenvalue weighted by atomic mass is 16.5. The van der Waals surface area contributed by atoms with E-state index in [4.69, 9.17) is 10.5 Å². The van der Waals surface area contributed by atoms with Crippen molar-refractivity contribution in [3.05, 3.63) is 29.3 Å². The van der Waals surface area contributed by atoms with Crippen molar-refractivity contribution in [3.63, 3.8) is 0 Å². The zero-order valence-corrected chi connectivity index (χ0v) is 12.2. The quantitative estimate of drug-likeness (QED) is 0.887. The van der Waals surface area contributed by atoms with Crippen LogP contribution >= 0.6 is 0 Å². The Kier molecular flexibility index (Phi) is 5.23. The van der Waals surface area contributed by atoms with Crippen molar-refractivity contribution in [3.8, 4) is 5.75 Å². The van der Waals surface area contributed by atoms with Crippen LogP contribution < -0.4 is 10.5 Å². The zero-order chi connectivity index (χ0) is 13.7. The molecule has 1 aromatic rings. The standard InChI is InChI=1S/C16H26N2O/c1-3-13-6-8-18(9-7-13)12-15-10-14(11-17)4-5-16(15)19-2/h4-5,10,13H,3,6-9,11-12,17H2,1-2H3. The maximum atomic E-state index is 5.73. The summed E-state index contributed by atoms with van der Waals surface area (Å²) in [5.74, 6) is 1.91. The van der Waals surface area contributed by atoms with Crippen LogP contribution in [0.15, 0.2) is 18.2 Å². The minimum atomic E-state index is 0.592. The van der Waals surface area contributed by atoms with Crippen molar-refractivity contribution in [2.24, 2.45) is 11.7 Å². The van der Waals surface area contributed by atoms with Gasteiger partial charge in [-0.25, -0.2) is 0 Å². The molecule has 1 saturated heterocycles. The lowest BCUT2D eigenvalue weighted by atomic mass is 9.94. The highest BCUT2D eigenvalue weighted by molar-refractivity contribution is 5.37. The molecule has 0 aliphatic carbocycles. The molecule has 2 N–H and O–H groups in total. The van der Waals surface area contributed by atoms with Gasteiger partial charge in [0.25, 0.3) is 0 Å². The first-order chi connectivity index (χ1) is 9.26. The van der Waals surface area contributed by atoms with Crippen LogP contribution in [0.4, 0.5) is 0 Å². The van der Waals surface area contributed by atoms with Crippen LogP contribution in [0, 0.1) is 5.92 Å². The summed E-state index contributed by atoms with van der Waals surface area (Å²) < 4.78 is 5.46. The normalized spacial score (nSPS) is 17.6. The number of rotatable bonds is 5. The summed E-state index contributed by atoms with van der Waals surface area (Å²) in [6.45, 7) is 6.28. The molecule has 2 rings (SSSR count). The molecule has 19 heavy (non-hydrogen) atoms. The Hall–Kier alpha value is -1.06. The molecule has 0 unspecified atom stereocenters. The van der Waals surface area contributed by atoms with Gasteiger partial charge in [0, 0.05) is 18.7 Å². The van der Waals surface area contributed by atoms with E-state index in [0.29, 0.717) is 6.54 Å². The minimum absolute atomic E-state index is 0.592. The molecular weight excluding hydrogens is 236 g/mol. The number of likely N-dealkylation sites (tertiary alicyclic amines) is 1. The molecule has 1 aliphatic rings. The first kappa shape index (κ1) is 14.4. The molecule has 0 amide bonds. The maximum Gasteiger partial charge on any atom is 0.123 e. The second-order valence-electron chi connectivity index (χ2n) is 5.48. The third kappa shape index (κ3) is 3.71. The first-order valence-corrected chi connectivity index (χ1v) is 7.35. The van der Waals surface area contributed by atoms with Gasteiger partial charge in [-0.15, -0.1) is 0 Å². The van der Waals surface area contributed by atoms with E-state index in [2.05, 4.69) is 17.9 Å². The lowest BCUT2D eigenvalue weighted by Gasteiger charge is -2.31. The fourth-order valence-electron chi connectivity index (χ4n) is 2.88. The molecule has 106 valence electrons. The monoisotopic (exact) mass is 262 g/mol. The maximum absolute atomic E-state index is 5.73. The highest BCUT2D eigenvalue weighted by Crippen LogP contribution is 2.25. The largest absolute Gasteiger partial charge is 0.496 e. The molecule has 0 saturated carbocycles. The van der Waals surface area contributed by atoms with Crippen molar-refractivity contribution >= 4 is 0 Å². The number of nitrogens with zero attached hydrogens (tertiary/aromatic N) is 1. The molecular formula is C16H26N2O. The number of hydrogen-bond acceptors (Lipinski definition) is 3. The van der Waals surface area contributed by atoms with E-state index in [1.165, 1.54) is 43.5 Å². The van der Waals surface area contributed by atoms with Crippen LogP contribution in [0.2, 0.25) is 0 Å². The Labute approximate surface area is 116 Å². The van der Waals surface area contributed by atoms with E-state index < -0.39 is 0 Å². The van der Waals surface area contributed by atoms with E-state index in [-0.39, 0.29) is 0 Å². The van der Waals surface area contributed by atoms with Gasteiger partial charge in [0.15, 0.2) is 0 Å². The third-order valence-electron chi connectivity index (χ3n) is 4.26. The summed E-state index contributed by atoms with van der Waals surface area (Å²) in [5.41, 5.74) is 8.17. The number of methoxy groups -OCH3 is 1. The van der Waals surface area contributed by atoms with Gasteiger partial charge in [-0.3, -0.25) is 4.90 Å². The van der Waals surface area contributed by atoms with Gasteiger partial charge in [0.1, 0.15) is 5.75 Å². The summed E-state index contributed by atoms with van der Waals surface area (Å²) in [6, 6.07) is 6.27. The molecule has 3 nitrogen and oxygen atoms in total. The van der Waals surface area contributed by atoms with Crippen LogP contribution in [0.25, 0.3) is 0 Å².